The molecule has 0 aliphatic heterocycles. The predicted octanol–water partition coefficient (Wildman–Crippen LogP) is 1.15. The van der Waals surface area contributed by atoms with E-state index in [1.807, 2.05) is 30.3 Å². The normalized spacial score (nSPS) is 11.9. The summed E-state index contributed by atoms with van der Waals surface area (Å²) >= 11 is 0. The Kier molecular flexibility index (Phi) is 4.32. The molecule has 5 nitrogen and oxygen atoms in total. The van der Waals surface area contributed by atoms with Gasteiger partial charge in [0, 0.05) is 12.2 Å². The minimum atomic E-state index is -0.651. The lowest BCUT2D eigenvalue weighted by Gasteiger charge is -2.07. The molecule has 20 heavy (non-hydrogen) atoms. The van der Waals surface area contributed by atoms with Crippen molar-refractivity contribution in [2.45, 2.75) is 13.0 Å². The standard InChI is InChI=1S/C15H16N2O3/c1-10(18)9-16-14(19)12-7-8-13(17-15(12)20)11-5-3-2-4-6-11/h2-8,10,18H,9H2,1H3,(H,16,19)(H,17,20). The van der Waals surface area contributed by atoms with E-state index in [1.54, 1.807) is 13.0 Å². The molecule has 2 aromatic rings. The molecule has 1 atom stereocenters. The highest BCUT2D eigenvalue weighted by Gasteiger charge is 2.11. The van der Waals surface area contributed by atoms with Crippen molar-refractivity contribution in [3.63, 3.8) is 0 Å². The molecule has 0 saturated carbocycles. The largest absolute Gasteiger partial charge is 0.392 e. The van der Waals surface area contributed by atoms with Crippen LogP contribution in [-0.4, -0.2) is 28.6 Å². The molecular weight excluding hydrogens is 256 g/mol. The molecule has 0 aliphatic carbocycles. The van der Waals surface area contributed by atoms with Gasteiger partial charge < -0.3 is 15.4 Å². The van der Waals surface area contributed by atoms with Gasteiger partial charge in [0.05, 0.1) is 6.10 Å². The Balaban J connectivity index is 2.23. The van der Waals surface area contributed by atoms with Gasteiger partial charge in [-0.1, -0.05) is 30.3 Å². The Morgan fingerprint density at radius 2 is 1.95 bits per heavy atom. The van der Waals surface area contributed by atoms with Crippen LogP contribution in [0.2, 0.25) is 0 Å². The van der Waals surface area contributed by atoms with E-state index in [4.69, 9.17) is 5.11 Å². The Morgan fingerprint density at radius 3 is 2.55 bits per heavy atom. The fourth-order valence-electron chi connectivity index (χ4n) is 1.77. The third-order valence-corrected chi connectivity index (χ3v) is 2.80. The summed E-state index contributed by atoms with van der Waals surface area (Å²) in [7, 11) is 0. The summed E-state index contributed by atoms with van der Waals surface area (Å²) in [5, 5.41) is 11.6. The van der Waals surface area contributed by atoms with E-state index in [0.717, 1.165) is 5.56 Å². The van der Waals surface area contributed by atoms with E-state index in [-0.39, 0.29) is 12.1 Å². The van der Waals surface area contributed by atoms with Crippen LogP contribution < -0.4 is 10.9 Å². The summed E-state index contributed by atoms with van der Waals surface area (Å²) in [5.41, 5.74) is 1.11. The number of hydrogen-bond acceptors (Lipinski definition) is 3. The van der Waals surface area contributed by atoms with E-state index in [9.17, 15) is 9.59 Å². The van der Waals surface area contributed by atoms with Gasteiger partial charge in [0.1, 0.15) is 5.56 Å². The van der Waals surface area contributed by atoms with Crippen molar-refractivity contribution < 1.29 is 9.90 Å². The topological polar surface area (TPSA) is 82.2 Å². The lowest BCUT2D eigenvalue weighted by Crippen LogP contribution is -2.34. The minimum Gasteiger partial charge on any atom is -0.392 e. The molecule has 5 heteroatoms. The second kappa shape index (κ2) is 6.16. The summed E-state index contributed by atoms with van der Waals surface area (Å²) in [6, 6.07) is 12.6. The van der Waals surface area contributed by atoms with E-state index in [1.165, 1.54) is 6.07 Å². The molecular formula is C15H16N2O3. The van der Waals surface area contributed by atoms with Crippen LogP contribution in [0.25, 0.3) is 11.3 Å². The Bertz CT molecular complexity index is 648. The van der Waals surface area contributed by atoms with Crippen LogP contribution in [-0.2, 0) is 0 Å². The average Bonchev–Trinajstić information content (AvgIpc) is 2.45. The monoisotopic (exact) mass is 272 g/mol. The molecule has 1 amide bonds. The van der Waals surface area contributed by atoms with Crippen molar-refractivity contribution in [3.05, 3.63) is 58.4 Å². The first kappa shape index (κ1) is 14.0. The zero-order valence-corrected chi connectivity index (χ0v) is 11.1. The maximum absolute atomic E-state index is 11.9. The zero-order chi connectivity index (χ0) is 14.5. The van der Waals surface area contributed by atoms with Gasteiger partial charge in [0.2, 0.25) is 0 Å². The molecule has 1 aromatic heterocycles. The SMILES string of the molecule is CC(O)CNC(=O)c1ccc(-c2ccccc2)[nH]c1=O. The summed E-state index contributed by atoms with van der Waals surface area (Å²) in [5.74, 6) is -0.494. The van der Waals surface area contributed by atoms with Crippen LogP contribution in [0.4, 0.5) is 0 Å². The number of nitrogens with one attached hydrogen (secondary N) is 2. The molecule has 1 unspecified atom stereocenters. The molecule has 0 fully saturated rings. The number of carbonyl (C=O) groups excluding carboxylic acids is 1. The van der Waals surface area contributed by atoms with Crippen LogP contribution in [0.3, 0.4) is 0 Å². The first-order valence-corrected chi connectivity index (χ1v) is 6.33. The minimum absolute atomic E-state index is 0.0327. The maximum atomic E-state index is 11.9. The second-order valence-corrected chi connectivity index (χ2v) is 4.54. The summed E-state index contributed by atoms with van der Waals surface area (Å²) in [6.07, 6.45) is -0.651. The van der Waals surface area contributed by atoms with Crippen LogP contribution in [0, 0.1) is 0 Å². The molecule has 0 bridgehead atoms. The maximum Gasteiger partial charge on any atom is 0.261 e. The zero-order valence-electron chi connectivity index (χ0n) is 11.1. The number of carbonyl (C=O) groups is 1. The van der Waals surface area contributed by atoms with Gasteiger partial charge in [-0.2, -0.15) is 0 Å². The first-order chi connectivity index (χ1) is 9.58. The molecule has 1 aromatic carbocycles. The average molecular weight is 272 g/mol. The fraction of sp³-hybridized carbons (Fsp3) is 0.200. The molecule has 1 heterocycles. The number of aromatic amines is 1. The Labute approximate surface area is 116 Å². The summed E-state index contributed by atoms with van der Waals surface area (Å²) in [4.78, 5) is 26.4. The summed E-state index contributed by atoms with van der Waals surface area (Å²) < 4.78 is 0. The lowest BCUT2D eigenvalue weighted by atomic mass is 10.1. The van der Waals surface area contributed by atoms with Crippen molar-refractivity contribution in [3.8, 4) is 11.3 Å². The molecule has 2 rings (SSSR count). The quantitative estimate of drug-likeness (QED) is 0.781. The second-order valence-electron chi connectivity index (χ2n) is 4.54. The smallest absolute Gasteiger partial charge is 0.261 e. The lowest BCUT2D eigenvalue weighted by molar-refractivity contribution is 0.0922. The van der Waals surface area contributed by atoms with Gasteiger partial charge in [-0.05, 0) is 24.6 Å². The van der Waals surface area contributed by atoms with Crippen molar-refractivity contribution in [1.82, 2.24) is 10.3 Å². The number of H-pyrrole nitrogens is 1. The van der Waals surface area contributed by atoms with Gasteiger partial charge in [-0.3, -0.25) is 9.59 Å². The predicted molar refractivity (Wildman–Crippen MR) is 76.5 cm³/mol. The molecule has 104 valence electrons. The van der Waals surface area contributed by atoms with Gasteiger partial charge in [-0.25, -0.2) is 0 Å². The van der Waals surface area contributed by atoms with E-state index in [0.29, 0.717) is 5.69 Å². The van der Waals surface area contributed by atoms with Crippen molar-refractivity contribution in [2.75, 3.05) is 6.54 Å². The van der Waals surface area contributed by atoms with Gasteiger partial charge >= 0.3 is 0 Å². The number of benzene rings is 1. The molecule has 3 N–H and O–H groups in total. The number of aliphatic hydroxyl groups is 1. The number of aromatic nitrogens is 1. The van der Waals surface area contributed by atoms with Crippen LogP contribution in [0.15, 0.2) is 47.3 Å². The van der Waals surface area contributed by atoms with E-state index in [2.05, 4.69) is 10.3 Å². The van der Waals surface area contributed by atoms with Crippen LogP contribution in [0.5, 0.6) is 0 Å². The highest BCUT2D eigenvalue weighted by molar-refractivity contribution is 5.94. The molecule has 0 saturated heterocycles. The number of hydrogen-bond donors (Lipinski definition) is 3. The number of pyridine rings is 1. The highest BCUT2D eigenvalue weighted by atomic mass is 16.3. The first-order valence-electron chi connectivity index (χ1n) is 6.33. The fourth-order valence-corrected chi connectivity index (χ4v) is 1.77. The van der Waals surface area contributed by atoms with Gasteiger partial charge in [0.15, 0.2) is 0 Å². The Morgan fingerprint density at radius 1 is 1.25 bits per heavy atom. The third-order valence-electron chi connectivity index (χ3n) is 2.80. The Hall–Kier alpha value is -2.40. The van der Waals surface area contributed by atoms with Gasteiger partial charge in [-0.15, -0.1) is 0 Å². The number of rotatable bonds is 4. The van der Waals surface area contributed by atoms with Crippen molar-refractivity contribution >= 4 is 5.91 Å². The molecule has 0 radical (unpaired) electrons. The van der Waals surface area contributed by atoms with Crippen LogP contribution in [0.1, 0.15) is 17.3 Å². The number of amides is 1. The third kappa shape index (κ3) is 3.33. The highest BCUT2D eigenvalue weighted by Crippen LogP contribution is 2.14. The van der Waals surface area contributed by atoms with Crippen molar-refractivity contribution in [2.24, 2.45) is 0 Å². The molecule has 0 aliphatic rings. The van der Waals surface area contributed by atoms with E-state index < -0.39 is 17.6 Å². The molecule has 0 spiro atoms. The number of aliphatic hydroxyl groups excluding tert-OH is 1. The van der Waals surface area contributed by atoms with E-state index >= 15 is 0 Å². The van der Waals surface area contributed by atoms with Crippen LogP contribution >= 0.6 is 0 Å². The van der Waals surface area contributed by atoms with Gasteiger partial charge in [0.25, 0.3) is 11.5 Å². The summed E-state index contributed by atoms with van der Waals surface area (Å²) in [6.45, 7) is 1.67. The van der Waals surface area contributed by atoms with Crippen molar-refractivity contribution in [1.29, 1.82) is 0 Å².